The van der Waals surface area contributed by atoms with Crippen LogP contribution in [0.3, 0.4) is 0 Å². The van der Waals surface area contributed by atoms with E-state index in [9.17, 15) is 5.11 Å². The zero-order valence-corrected chi connectivity index (χ0v) is 11.2. The average Bonchev–Trinajstić information content (AvgIpc) is 2.35. The third kappa shape index (κ3) is 4.78. The molecule has 2 nitrogen and oxygen atoms in total. The smallest absolute Gasteiger partial charge is 0.115 e. The molecule has 0 saturated carbocycles. The van der Waals surface area contributed by atoms with Gasteiger partial charge in [-0.2, -0.15) is 0 Å². The summed E-state index contributed by atoms with van der Waals surface area (Å²) in [4.78, 5) is 0. The summed E-state index contributed by atoms with van der Waals surface area (Å²) in [5, 5.41) is 12.8. The highest BCUT2D eigenvalue weighted by Crippen LogP contribution is 2.18. The van der Waals surface area contributed by atoms with Crippen molar-refractivity contribution in [1.82, 2.24) is 5.32 Å². The highest BCUT2D eigenvalue weighted by atomic mass is 16.3. The molecule has 0 bridgehead atoms. The lowest BCUT2D eigenvalue weighted by Gasteiger charge is -2.24. The minimum atomic E-state index is 0.346. The first-order chi connectivity index (χ1) is 8.17. The molecule has 0 aliphatic rings. The summed E-state index contributed by atoms with van der Waals surface area (Å²) in [5.41, 5.74) is 1.31. The first-order valence-electron chi connectivity index (χ1n) is 6.68. The molecule has 2 unspecified atom stereocenters. The maximum atomic E-state index is 9.26. The molecule has 0 radical (unpaired) electrons. The Bertz CT molecular complexity index is 307. The Morgan fingerprint density at radius 2 is 1.82 bits per heavy atom. The second kappa shape index (κ2) is 7.33. The zero-order chi connectivity index (χ0) is 12.7. The number of benzene rings is 1. The summed E-state index contributed by atoms with van der Waals surface area (Å²) >= 11 is 0. The molecule has 1 aromatic carbocycles. The van der Waals surface area contributed by atoms with Gasteiger partial charge in [-0.3, -0.25) is 0 Å². The molecule has 2 heteroatoms. The van der Waals surface area contributed by atoms with Gasteiger partial charge in [0.2, 0.25) is 0 Å². The number of phenolic OH excluding ortho intramolecular Hbond substituents is 1. The number of aromatic hydroxyl groups is 1. The number of phenols is 1. The third-order valence-corrected chi connectivity index (χ3v) is 3.38. The van der Waals surface area contributed by atoms with Crippen LogP contribution in [0.25, 0.3) is 0 Å². The van der Waals surface area contributed by atoms with Gasteiger partial charge >= 0.3 is 0 Å². The Morgan fingerprint density at radius 1 is 1.18 bits per heavy atom. The second-order valence-corrected chi connectivity index (χ2v) is 4.78. The van der Waals surface area contributed by atoms with E-state index in [-0.39, 0.29) is 0 Å². The summed E-state index contributed by atoms with van der Waals surface area (Å²) in [5.74, 6) is 1.00. The lowest BCUT2D eigenvalue weighted by Crippen LogP contribution is -2.34. The summed E-state index contributed by atoms with van der Waals surface area (Å²) in [7, 11) is 0. The van der Waals surface area contributed by atoms with Gasteiger partial charge in [0, 0.05) is 6.04 Å². The molecule has 2 N–H and O–H groups in total. The third-order valence-electron chi connectivity index (χ3n) is 3.38. The molecular formula is C15H25NO. The van der Waals surface area contributed by atoms with Crippen LogP contribution in [0.5, 0.6) is 5.75 Å². The topological polar surface area (TPSA) is 32.3 Å². The van der Waals surface area contributed by atoms with Crippen LogP contribution in [0.1, 0.15) is 39.2 Å². The molecule has 0 amide bonds. The molecule has 0 aliphatic heterocycles. The van der Waals surface area contributed by atoms with Crippen molar-refractivity contribution in [3.8, 4) is 5.75 Å². The van der Waals surface area contributed by atoms with Crippen LogP contribution in [0.4, 0.5) is 0 Å². The number of rotatable bonds is 7. The van der Waals surface area contributed by atoms with Crippen molar-refractivity contribution >= 4 is 0 Å². The normalized spacial score (nSPS) is 14.5. The average molecular weight is 235 g/mol. The molecule has 0 spiro atoms. The Kier molecular flexibility index (Phi) is 6.06. The maximum Gasteiger partial charge on any atom is 0.115 e. The van der Waals surface area contributed by atoms with Gasteiger partial charge in [-0.05, 0) is 49.9 Å². The maximum absolute atomic E-state index is 9.26. The van der Waals surface area contributed by atoms with Crippen LogP contribution in [-0.4, -0.2) is 17.7 Å². The second-order valence-electron chi connectivity index (χ2n) is 4.78. The predicted molar refractivity (Wildman–Crippen MR) is 73.3 cm³/mol. The molecule has 1 rings (SSSR count). The van der Waals surface area contributed by atoms with Crippen LogP contribution in [-0.2, 0) is 6.42 Å². The van der Waals surface area contributed by atoms with E-state index in [1.807, 2.05) is 12.1 Å². The van der Waals surface area contributed by atoms with Gasteiger partial charge in [0.15, 0.2) is 0 Å². The van der Waals surface area contributed by atoms with Gasteiger partial charge in [0.05, 0.1) is 0 Å². The van der Waals surface area contributed by atoms with Gasteiger partial charge in [-0.25, -0.2) is 0 Å². The molecule has 0 aliphatic carbocycles. The Hall–Kier alpha value is -1.02. The van der Waals surface area contributed by atoms with E-state index in [1.54, 1.807) is 12.1 Å². The number of hydrogen-bond donors (Lipinski definition) is 2. The van der Waals surface area contributed by atoms with Gasteiger partial charge in [0.1, 0.15) is 5.75 Å². The minimum Gasteiger partial charge on any atom is -0.508 e. The highest BCUT2D eigenvalue weighted by Gasteiger charge is 2.15. The van der Waals surface area contributed by atoms with Crippen molar-refractivity contribution in [2.45, 2.75) is 46.1 Å². The van der Waals surface area contributed by atoms with E-state index >= 15 is 0 Å². The summed E-state index contributed by atoms with van der Waals surface area (Å²) in [6.07, 6.45) is 3.44. The van der Waals surface area contributed by atoms with E-state index in [0.717, 1.165) is 13.0 Å². The molecule has 0 heterocycles. The van der Waals surface area contributed by atoms with Gasteiger partial charge in [-0.15, -0.1) is 0 Å². The lowest BCUT2D eigenvalue weighted by atomic mass is 9.90. The van der Waals surface area contributed by atoms with Crippen molar-refractivity contribution in [3.63, 3.8) is 0 Å². The van der Waals surface area contributed by atoms with Crippen molar-refractivity contribution in [2.24, 2.45) is 5.92 Å². The minimum absolute atomic E-state index is 0.346. The van der Waals surface area contributed by atoms with E-state index < -0.39 is 0 Å². The Morgan fingerprint density at radius 3 is 2.35 bits per heavy atom. The van der Waals surface area contributed by atoms with Crippen LogP contribution >= 0.6 is 0 Å². The van der Waals surface area contributed by atoms with Crippen LogP contribution in [0, 0.1) is 5.92 Å². The Labute approximate surface area is 105 Å². The van der Waals surface area contributed by atoms with E-state index in [0.29, 0.717) is 17.7 Å². The fraction of sp³-hybridized carbons (Fsp3) is 0.600. The molecule has 96 valence electrons. The summed E-state index contributed by atoms with van der Waals surface area (Å²) < 4.78 is 0. The predicted octanol–water partition coefficient (Wildman–Crippen LogP) is 3.35. The van der Waals surface area contributed by atoms with Gasteiger partial charge in [-0.1, -0.05) is 32.4 Å². The summed E-state index contributed by atoms with van der Waals surface area (Å²) in [6, 6.07) is 8.13. The molecule has 0 fully saturated rings. The molecule has 1 aromatic rings. The lowest BCUT2D eigenvalue weighted by molar-refractivity contribution is 0.362. The van der Waals surface area contributed by atoms with E-state index in [1.165, 1.54) is 18.4 Å². The van der Waals surface area contributed by atoms with E-state index in [4.69, 9.17) is 0 Å². The standard InChI is InChI=1S/C15H25NO/c1-4-10-16-12(3)14(5-2)11-13-6-8-15(17)9-7-13/h6-9,12,14,16-17H,4-5,10-11H2,1-3H3. The van der Waals surface area contributed by atoms with Gasteiger partial charge in [0.25, 0.3) is 0 Å². The van der Waals surface area contributed by atoms with Gasteiger partial charge < -0.3 is 10.4 Å². The van der Waals surface area contributed by atoms with Crippen molar-refractivity contribution in [1.29, 1.82) is 0 Å². The molecule has 2 atom stereocenters. The first kappa shape index (κ1) is 14.0. The largest absolute Gasteiger partial charge is 0.508 e. The highest BCUT2D eigenvalue weighted by molar-refractivity contribution is 5.26. The van der Waals surface area contributed by atoms with Crippen molar-refractivity contribution in [3.05, 3.63) is 29.8 Å². The summed E-state index contributed by atoms with van der Waals surface area (Å²) in [6.45, 7) is 7.80. The fourth-order valence-electron chi connectivity index (χ4n) is 2.15. The van der Waals surface area contributed by atoms with Crippen LogP contribution in [0.15, 0.2) is 24.3 Å². The van der Waals surface area contributed by atoms with E-state index in [2.05, 4.69) is 26.1 Å². The van der Waals surface area contributed by atoms with Crippen LogP contribution < -0.4 is 5.32 Å². The number of hydrogen-bond acceptors (Lipinski definition) is 2. The van der Waals surface area contributed by atoms with Crippen molar-refractivity contribution in [2.75, 3.05) is 6.54 Å². The van der Waals surface area contributed by atoms with Crippen molar-refractivity contribution < 1.29 is 5.11 Å². The SMILES string of the molecule is CCCNC(C)C(CC)Cc1ccc(O)cc1. The molecular weight excluding hydrogens is 210 g/mol. The molecule has 17 heavy (non-hydrogen) atoms. The monoisotopic (exact) mass is 235 g/mol. The molecule has 0 aromatic heterocycles. The molecule has 0 saturated heterocycles. The Balaban J connectivity index is 2.53. The first-order valence-corrected chi connectivity index (χ1v) is 6.68. The zero-order valence-electron chi connectivity index (χ0n) is 11.2. The number of nitrogens with one attached hydrogen (secondary N) is 1. The van der Waals surface area contributed by atoms with Crippen LogP contribution in [0.2, 0.25) is 0 Å². The fourth-order valence-corrected chi connectivity index (χ4v) is 2.15. The quantitative estimate of drug-likeness (QED) is 0.759.